The van der Waals surface area contributed by atoms with Crippen molar-refractivity contribution in [2.24, 2.45) is 11.8 Å². The van der Waals surface area contributed by atoms with Crippen LogP contribution in [0.25, 0.3) is 11.2 Å². The highest BCUT2D eigenvalue weighted by Crippen LogP contribution is 2.62. The molecule has 4 aliphatic rings. The van der Waals surface area contributed by atoms with Crippen molar-refractivity contribution in [3.05, 3.63) is 57.7 Å². The van der Waals surface area contributed by atoms with Crippen molar-refractivity contribution in [3.8, 4) is 11.8 Å². The number of rotatable bonds is 7. The maximum atomic E-state index is 13.2. The van der Waals surface area contributed by atoms with Gasteiger partial charge >= 0.3 is 12.0 Å². The summed E-state index contributed by atoms with van der Waals surface area (Å²) in [5.41, 5.74) is 2.47. The number of aryl methyl sites for hydroxylation is 1. The Morgan fingerprint density at radius 2 is 2.15 bits per heavy atom. The molecule has 34 heavy (non-hydrogen) atoms. The highest BCUT2D eigenvalue weighted by molar-refractivity contribution is 5.89. The third-order valence-corrected chi connectivity index (χ3v) is 7.47. The van der Waals surface area contributed by atoms with Gasteiger partial charge in [0.1, 0.15) is 11.6 Å². The standard InChI is InChI=1S/C26H28N4O4/c1-3-8-30-20-21(27-24(30)26-13-15-9-16(14-26)11-18(26)10-15)28-25(29-22(20)31)34-19-7-5-6-17(12-19)23(32)33-4-2/h5-7,10,12,15-16H,3-4,8-9,11,13-14H2,1-2H3,(H,28,29,31). The monoisotopic (exact) mass is 460 g/mol. The molecule has 2 aromatic heterocycles. The molecule has 2 fully saturated rings. The van der Waals surface area contributed by atoms with Crippen LogP contribution in [0.4, 0.5) is 0 Å². The minimum absolute atomic E-state index is 0.0507. The van der Waals surface area contributed by atoms with Gasteiger partial charge in [-0.3, -0.25) is 9.78 Å². The highest BCUT2D eigenvalue weighted by atomic mass is 16.5. The van der Waals surface area contributed by atoms with Crippen LogP contribution in [0.15, 0.2) is 40.7 Å². The Morgan fingerprint density at radius 1 is 1.26 bits per heavy atom. The zero-order valence-electron chi connectivity index (χ0n) is 19.5. The first-order valence-corrected chi connectivity index (χ1v) is 12.2. The summed E-state index contributed by atoms with van der Waals surface area (Å²) in [6, 6.07) is 6.68. The molecular weight excluding hydrogens is 432 g/mol. The van der Waals surface area contributed by atoms with Gasteiger partial charge in [0.25, 0.3) is 5.56 Å². The number of allylic oxidation sites excluding steroid dienone is 2. The molecule has 2 saturated carbocycles. The molecular formula is C26H28N4O4. The fourth-order valence-electron chi connectivity index (χ4n) is 6.40. The van der Waals surface area contributed by atoms with Crippen LogP contribution < -0.4 is 10.3 Å². The van der Waals surface area contributed by atoms with Gasteiger partial charge in [0.15, 0.2) is 11.2 Å². The van der Waals surface area contributed by atoms with E-state index >= 15 is 0 Å². The minimum atomic E-state index is -0.429. The van der Waals surface area contributed by atoms with Crippen LogP contribution in [0.3, 0.4) is 0 Å². The number of nitrogens with zero attached hydrogens (tertiary/aromatic N) is 3. The molecule has 0 aliphatic heterocycles. The average molecular weight is 461 g/mol. The molecule has 176 valence electrons. The molecule has 8 nitrogen and oxygen atoms in total. The van der Waals surface area contributed by atoms with Gasteiger partial charge < -0.3 is 14.0 Å². The zero-order chi connectivity index (χ0) is 23.4. The number of hydrogen-bond acceptors (Lipinski definition) is 6. The number of benzene rings is 1. The predicted molar refractivity (Wildman–Crippen MR) is 126 cm³/mol. The van der Waals surface area contributed by atoms with Crippen molar-refractivity contribution >= 4 is 17.1 Å². The minimum Gasteiger partial charge on any atom is -0.462 e. The van der Waals surface area contributed by atoms with Gasteiger partial charge in [-0.15, -0.1) is 0 Å². The Hall–Kier alpha value is -3.42. The summed E-state index contributed by atoms with van der Waals surface area (Å²) in [5.74, 6) is 2.30. The fourth-order valence-corrected chi connectivity index (χ4v) is 6.40. The summed E-state index contributed by atoms with van der Waals surface area (Å²) >= 11 is 0. The summed E-state index contributed by atoms with van der Waals surface area (Å²) in [4.78, 5) is 37.6. The molecule has 0 amide bonds. The van der Waals surface area contributed by atoms with Gasteiger partial charge in [0.2, 0.25) is 0 Å². The molecule has 3 atom stereocenters. The number of carbonyl (C=O) groups excluding carboxylic acids is 1. The third-order valence-electron chi connectivity index (χ3n) is 7.47. The van der Waals surface area contributed by atoms with E-state index in [0.717, 1.165) is 44.0 Å². The first kappa shape index (κ1) is 21.1. The number of fused-ring (bicyclic) bond motifs is 1. The lowest BCUT2D eigenvalue weighted by Gasteiger charge is -2.32. The Bertz CT molecular complexity index is 1390. The normalized spacial score (nSPS) is 24.6. The lowest BCUT2D eigenvalue weighted by molar-refractivity contribution is 0.0526. The second-order valence-corrected chi connectivity index (χ2v) is 9.73. The van der Waals surface area contributed by atoms with E-state index in [1.54, 1.807) is 31.2 Å². The van der Waals surface area contributed by atoms with Crippen molar-refractivity contribution in [3.63, 3.8) is 0 Å². The molecule has 0 spiro atoms. The summed E-state index contributed by atoms with van der Waals surface area (Å²) in [7, 11) is 0. The number of aromatic amines is 1. The van der Waals surface area contributed by atoms with Crippen molar-refractivity contribution in [2.75, 3.05) is 6.61 Å². The van der Waals surface area contributed by atoms with Crippen molar-refractivity contribution in [2.45, 2.75) is 57.9 Å². The van der Waals surface area contributed by atoms with Crippen LogP contribution in [-0.4, -0.2) is 32.1 Å². The maximum absolute atomic E-state index is 13.2. The number of H-pyrrole nitrogens is 1. The Morgan fingerprint density at radius 3 is 2.94 bits per heavy atom. The number of esters is 1. The van der Waals surface area contributed by atoms with Crippen molar-refractivity contribution in [1.82, 2.24) is 19.5 Å². The number of ether oxygens (including phenoxy) is 2. The van der Waals surface area contributed by atoms with Gasteiger partial charge in [0.05, 0.1) is 17.6 Å². The summed E-state index contributed by atoms with van der Waals surface area (Å²) in [6.07, 6.45) is 8.00. The van der Waals surface area contributed by atoms with Crippen molar-refractivity contribution in [1.29, 1.82) is 0 Å². The van der Waals surface area contributed by atoms with Crippen LogP contribution in [-0.2, 0) is 16.7 Å². The summed E-state index contributed by atoms with van der Waals surface area (Å²) in [5, 5.41) is 0. The van der Waals surface area contributed by atoms with Crippen LogP contribution in [0.1, 0.15) is 62.1 Å². The van der Waals surface area contributed by atoms with Gasteiger partial charge in [-0.25, -0.2) is 9.78 Å². The van der Waals surface area contributed by atoms with E-state index in [-0.39, 0.29) is 23.6 Å². The van der Waals surface area contributed by atoms with E-state index in [1.807, 2.05) is 0 Å². The number of imidazole rings is 1. The first-order valence-electron chi connectivity index (χ1n) is 12.2. The van der Waals surface area contributed by atoms with Crippen molar-refractivity contribution < 1.29 is 14.3 Å². The fraction of sp³-hybridized carbons (Fsp3) is 0.462. The molecule has 0 radical (unpaired) electrons. The molecule has 0 saturated heterocycles. The van der Waals surface area contributed by atoms with E-state index in [4.69, 9.17) is 14.5 Å². The lowest BCUT2D eigenvalue weighted by Crippen LogP contribution is -2.31. The first-order chi connectivity index (χ1) is 16.5. The lowest BCUT2D eigenvalue weighted by atomic mass is 9.74. The van der Waals surface area contributed by atoms with Crippen LogP contribution in [0, 0.1) is 11.8 Å². The van der Waals surface area contributed by atoms with Gasteiger partial charge in [-0.1, -0.05) is 24.6 Å². The molecule has 1 N–H and O–H groups in total. The van der Waals surface area contributed by atoms with Crippen LogP contribution >= 0.6 is 0 Å². The number of hydrogen-bond donors (Lipinski definition) is 1. The molecule has 2 heterocycles. The van der Waals surface area contributed by atoms with E-state index in [9.17, 15) is 9.59 Å². The van der Waals surface area contributed by atoms with Gasteiger partial charge in [-0.2, -0.15) is 4.98 Å². The van der Waals surface area contributed by atoms with Crippen LogP contribution in [0.2, 0.25) is 0 Å². The van der Waals surface area contributed by atoms with E-state index in [1.165, 1.54) is 12.0 Å². The van der Waals surface area contributed by atoms with E-state index in [2.05, 4.69) is 27.5 Å². The maximum Gasteiger partial charge on any atom is 0.338 e. The summed E-state index contributed by atoms with van der Waals surface area (Å²) < 4.78 is 13.0. The SMILES string of the molecule is CCCn1c(C23CC4C=C2CC(C4)C3)nc2nc(Oc3cccc(C(=O)OCC)c3)[nH]c(=O)c21. The van der Waals surface area contributed by atoms with E-state index < -0.39 is 5.97 Å². The molecule has 3 unspecified atom stereocenters. The van der Waals surface area contributed by atoms with Gasteiger partial charge in [-0.05, 0) is 69.1 Å². The second kappa shape index (κ2) is 7.82. The Balaban J connectivity index is 1.40. The molecule has 8 heteroatoms. The van der Waals surface area contributed by atoms with Crippen LogP contribution in [0.5, 0.6) is 11.8 Å². The quantitative estimate of drug-likeness (QED) is 0.412. The molecule has 4 aliphatic carbocycles. The predicted octanol–water partition coefficient (Wildman–Crippen LogP) is 4.50. The average Bonchev–Trinajstić information content (AvgIpc) is 3.38. The van der Waals surface area contributed by atoms with E-state index in [0.29, 0.717) is 28.4 Å². The second-order valence-electron chi connectivity index (χ2n) is 9.73. The molecule has 7 rings (SSSR count). The number of nitrogens with one attached hydrogen (secondary N) is 1. The Labute approximate surface area is 197 Å². The number of carbonyl (C=O) groups is 1. The Kier molecular flexibility index (Phi) is 4.86. The smallest absolute Gasteiger partial charge is 0.338 e. The third kappa shape index (κ3) is 3.19. The molecule has 1 aromatic carbocycles. The highest BCUT2D eigenvalue weighted by Gasteiger charge is 2.56. The largest absolute Gasteiger partial charge is 0.462 e. The molecule has 3 aromatic rings. The van der Waals surface area contributed by atoms with Gasteiger partial charge in [0, 0.05) is 6.54 Å². The number of aromatic nitrogens is 4. The molecule has 4 bridgehead atoms. The topological polar surface area (TPSA) is 99.1 Å². The zero-order valence-corrected chi connectivity index (χ0v) is 19.5. The summed E-state index contributed by atoms with van der Waals surface area (Å²) in [6.45, 7) is 4.88.